The Bertz CT molecular complexity index is 1140. The fourth-order valence-electron chi connectivity index (χ4n) is 3.71. The number of carbonyl (C=O) groups excluding carboxylic acids is 3. The van der Waals surface area contributed by atoms with Crippen LogP contribution in [0.5, 0.6) is 5.75 Å². The fraction of sp³-hybridized carbons (Fsp3) is 0.318. The van der Waals surface area contributed by atoms with Crippen LogP contribution in [-0.2, 0) is 24.4 Å². The molecule has 0 saturated carbocycles. The van der Waals surface area contributed by atoms with Gasteiger partial charge in [0, 0.05) is 6.54 Å². The summed E-state index contributed by atoms with van der Waals surface area (Å²) in [7, 11) is -2.53. The van der Waals surface area contributed by atoms with Gasteiger partial charge in [0.25, 0.3) is 5.91 Å². The lowest BCUT2D eigenvalue weighted by Gasteiger charge is -2.27. The smallest absolute Gasteiger partial charge is 0.261 e. The molecular weight excluding hydrogens is 453 g/mol. The molecule has 2 aromatic rings. The molecule has 33 heavy (non-hydrogen) atoms. The minimum Gasteiger partial charge on any atom is -0.497 e. The molecule has 0 bridgehead atoms. The number of hydrogen-bond donors (Lipinski definition) is 1. The largest absolute Gasteiger partial charge is 0.497 e. The summed E-state index contributed by atoms with van der Waals surface area (Å²) in [6.45, 7) is -2.28. The molecule has 0 spiro atoms. The van der Waals surface area contributed by atoms with Crippen molar-refractivity contribution < 1.29 is 31.9 Å². The topological polar surface area (TPSA) is 127 Å². The van der Waals surface area contributed by atoms with Crippen LogP contribution in [0.25, 0.3) is 11.1 Å². The Labute approximate surface area is 191 Å². The minimum atomic E-state index is -4.09. The van der Waals surface area contributed by atoms with Gasteiger partial charge < -0.3 is 10.5 Å². The monoisotopic (exact) mass is 477 g/mol. The second-order valence-corrected chi connectivity index (χ2v) is 9.34. The van der Waals surface area contributed by atoms with Crippen molar-refractivity contribution >= 4 is 27.7 Å². The normalized spacial score (nSPS) is 16.4. The minimum absolute atomic E-state index is 0.0299. The molecule has 0 radical (unpaired) electrons. The Balaban J connectivity index is 1.85. The summed E-state index contributed by atoms with van der Waals surface area (Å²) in [5.41, 5.74) is 6.71. The van der Waals surface area contributed by atoms with Gasteiger partial charge in [0.15, 0.2) is 6.67 Å². The van der Waals surface area contributed by atoms with Gasteiger partial charge in [-0.05, 0) is 48.2 Å². The zero-order valence-electron chi connectivity index (χ0n) is 17.9. The zero-order valence-corrected chi connectivity index (χ0v) is 18.8. The van der Waals surface area contributed by atoms with Gasteiger partial charge in [-0.2, -0.15) is 4.31 Å². The van der Waals surface area contributed by atoms with E-state index in [2.05, 4.69) is 0 Å². The third-order valence-electron chi connectivity index (χ3n) is 5.37. The number of carbonyl (C=O) groups is 3. The van der Waals surface area contributed by atoms with E-state index in [9.17, 15) is 27.2 Å². The number of imide groups is 1. The number of nitrogens with zero attached hydrogens (tertiary/aromatic N) is 2. The number of methoxy groups -OCH3 is 1. The summed E-state index contributed by atoms with van der Waals surface area (Å²) in [6, 6.07) is 12.2. The molecule has 3 rings (SSSR count). The Kier molecular flexibility index (Phi) is 7.44. The molecule has 1 saturated heterocycles. The molecular formula is C22H24FN3O6S. The predicted octanol–water partition coefficient (Wildman–Crippen LogP) is 1.33. The van der Waals surface area contributed by atoms with Crippen LogP contribution in [0, 0.1) is 0 Å². The van der Waals surface area contributed by atoms with Crippen LogP contribution in [-0.4, -0.2) is 68.3 Å². The summed E-state index contributed by atoms with van der Waals surface area (Å²) in [5.74, 6) is -2.52. The molecule has 0 aliphatic carbocycles. The second kappa shape index (κ2) is 10.1. The SMILES string of the molecule is COc1ccc(-c2ccc(S(=O)(=O)N3CCC[C@H]3C(=O)N(CC(N)=O)C(=O)CF)cc2)cc1. The highest BCUT2D eigenvalue weighted by atomic mass is 32.2. The number of amides is 3. The van der Waals surface area contributed by atoms with Crippen LogP contribution in [0.3, 0.4) is 0 Å². The number of halogens is 1. The molecule has 0 unspecified atom stereocenters. The van der Waals surface area contributed by atoms with Gasteiger partial charge in [0.1, 0.15) is 18.3 Å². The number of benzene rings is 2. The first kappa shape index (κ1) is 24.3. The van der Waals surface area contributed by atoms with Gasteiger partial charge in [-0.3, -0.25) is 19.3 Å². The number of sulfonamides is 1. The standard InChI is InChI=1S/C22H24FN3O6S/c1-32-17-8-4-15(5-9-17)16-6-10-18(11-7-16)33(30,31)26-12-2-3-19(26)22(29)25(14-20(24)27)21(28)13-23/h4-11,19H,2-3,12-14H2,1H3,(H2,24,27)/t19-/m0/s1. The van der Waals surface area contributed by atoms with E-state index in [1.54, 1.807) is 31.4 Å². The first-order valence-corrected chi connectivity index (χ1v) is 11.6. The molecule has 1 fully saturated rings. The maximum Gasteiger partial charge on any atom is 0.261 e. The molecule has 2 aromatic carbocycles. The molecule has 176 valence electrons. The van der Waals surface area contributed by atoms with E-state index in [0.717, 1.165) is 15.4 Å². The Hall–Kier alpha value is -3.31. The van der Waals surface area contributed by atoms with Crippen molar-refractivity contribution in [3.05, 3.63) is 48.5 Å². The maximum atomic E-state index is 13.3. The average molecular weight is 478 g/mol. The third-order valence-corrected chi connectivity index (χ3v) is 7.29. The van der Waals surface area contributed by atoms with Crippen LogP contribution < -0.4 is 10.5 Å². The van der Waals surface area contributed by atoms with Crippen molar-refractivity contribution in [2.45, 2.75) is 23.8 Å². The van der Waals surface area contributed by atoms with E-state index in [4.69, 9.17) is 10.5 Å². The molecule has 3 amide bonds. The first-order valence-electron chi connectivity index (χ1n) is 10.1. The van der Waals surface area contributed by atoms with Crippen molar-refractivity contribution in [1.82, 2.24) is 9.21 Å². The van der Waals surface area contributed by atoms with Gasteiger partial charge in [-0.15, -0.1) is 0 Å². The van der Waals surface area contributed by atoms with Gasteiger partial charge in [-0.25, -0.2) is 12.8 Å². The molecule has 1 heterocycles. The Morgan fingerprint density at radius 2 is 1.67 bits per heavy atom. The first-order chi connectivity index (χ1) is 15.7. The molecule has 1 aliphatic rings. The van der Waals surface area contributed by atoms with Crippen LogP contribution in [0.1, 0.15) is 12.8 Å². The van der Waals surface area contributed by atoms with Crippen LogP contribution in [0.4, 0.5) is 4.39 Å². The average Bonchev–Trinajstić information content (AvgIpc) is 3.32. The lowest BCUT2D eigenvalue weighted by molar-refractivity contribution is -0.149. The van der Waals surface area contributed by atoms with Crippen molar-refractivity contribution in [1.29, 1.82) is 0 Å². The van der Waals surface area contributed by atoms with Crippen molar-refractivity contribution in [3.63, 3.8) is 0 Å². The highest BCUT2D eigenvalue weighted by Gasteiger charge is 2.42. The van der Waals surface area contributed by atoms with Gasteiger partial charge in [0.05, 0.1) is 12.0 Å². The van der Waals surface area contributed by atoms with E-state index < -0.39 is 47.0 Å². The molecule has 11 heteroatoms. The lowest BCUT2D eigenvalue weighted by Crippen LogP contribution is -2.52. The summed E-state index contributed by atoms with van der Waals surface area (Å²) in [5, 5.41) is 0. The van der Waals surface area contributed by atoms with E-state index in [1.165, 1.54) is 12.1 Å². The number of nitrogens with two attached hydrogens (primary N) is 1. The maximum absolute atomic E-state index is 13.3. The molecule has 2 N–H and O–H groups in total. The van der Waals surface area contributed by atoms with Gasteiger partial charge in [0.2, 0.25) is 21.8 Å². The molecule has 0 aromatic heterocycles. The Morgan fingerprint density at radius 3 is 2.18 bits per heavy atom. The summed E-state index contributed by atoms with van der Waals surface area (Å²) < 4.78 is 45.5. The van der Waals surface area contributed by atoms with Crippen LogP contribution in [0.15, 0.2) is 53.4 Å². The van der Waals surface area contributed by atoms with Crippen molar-refractivity contribution in [2.24, 2.45) is 5.73 Å². The molecule has 9 nitrogen and oxygen atoms in total. The fourth-order valence-corrected chi connectivity index (χ4v) is 5.36. The number of alkyl halides is 1. The second-order valence-electron chi connectivity index (χ2n) is 7.44. The van der Waals surface area contributed by atoms with Crippen molar-refractivity contribution in [2.75, 3.05) is 26.9 Å². The Morgan fingerprint density at radius 1 is 1.09 bits per heavy atom. The van der Waals surface area contributed by atoms with Gasteiger partial charge in [-0.1, -0.05) is 24.3 Å². The number of rotatable bonds is 8. The predicted molar refractivity (Wildman–Crippen MR) is 117 cm³/mol. The van der Waals surface area contributed by atoms with E-state index in [-0.39, 0.29) is 17.9 Å². The highest BCUT2D eigenvalue weighted by Crippen LogP contribution is 2.29. The summed E-state index contributed by atoms with van der Waals surface area (Å²) in [6.07, 6.45) is 0.505. The third kappa shape index (κ3) is 5.20. The highest BCUT2D eigenvalue weighted by molar-refractivity contribution is 7.89. The number of primary amides is 1. The van der Waals surface area contributed by atoms with Crippen molar-refractivity contribution in [3.8, 4) is 16.9 Å². The van der Waals surface area contributed by atoms with E-state index in [1.807, 2.05) is 12.1 Å². The van der Waals surface area contributed by atoms with Crippen LogP contribution >= 0.6 is 0 Å². The molecule has 1 aliphatic heterocycles. The van der Waals surface area contributed by atoms with E-state index in [0.29, 0.717) is 17.1 Å². The molecule has 1 atom stereocenters. The quantitative estimate of drug-likeness (QED) is 0.611. The summed E-state index contributed by atoms with van der Waals surface area (Å²) >= 11 is 0. The van der Waals surface area contributed by atoms with Gasteiger partial charge >= 0.3 is 0 Å². The van der Waals surface area contributed by atoms with Crippen LogP contribution in [0.2, 0.25) is 0 Å². The summed E-state index contributed by atoms with van der Waals surface area (Å²) in [4.78, 5) is 36.3. The number of hydrogen-bond acceptors (Lipinski definition) is 6. The number of ether oxygens (including phenoxy) is 1. The zero-order chi connectivity index (χ0) is 24.2. The lowest BCUT2D eigenvalue weighted by atomic mass is 10.1. The van der Waals surface area contributed by atoms with E-state index >= 15 is 0 Å².